The molecule has 2 aromatic rings. The second kappa shape index (κ2) is 6.48. The topological polar surface area (TPSA) is 47.7 Å². The van der Waals surface area contributed by atoms with Crippen LogP contribution < -0.4 is 15.2 Å². The molecular formula is C19H19F3N2O2. The number of fused-ring (bicyclic) bond motifs is 1. The molecule has 0 aliphatic carbocycles. The van der Waals surface area contributed by atoms with Crippen LogP contribution in [0, 0.1) is 0 Å². The lowest BCUT2D eigenvalue weighted by atomic mass is 9.89. The molecule has 7 heteroatoms. The molecule has 0 amide bonds. The van der Waals surface area contributed by atoms with Crippen LogP contribution in [0.2, 0.25) is 0 Å². The van der Waals surface area contributed by atoms with Gasteiger partial charge in [0, 0.05) is 30.7 Å². The molecule has 26 heavy (non-hydrogen) atoms. The van der Waals surface area contributed by atoms with Crippen molar-refractivity contribution in [2.24, 2.45) is 5.73 Å². The molecule has 2 atom stereocenters. The Balaban J connectivity index is 1.50. The van der Waals surface area contributed by atoms with E-state index in [1.165, 1.54) is 6.07 Å². The number of ether oxygens (including phenoxy) is 2. The van der Waals surface area contributed by atoms with Crippen molar-refractivity contribution in [3.8, 4) is 11.5 Å². The van der Waals surface area contributed by atoms with Crippen molar-refractivity contribution in [3.05, 3.63) is 59.2 Å². The van der Waals surface area contributed by atoms with Crippen molar-refractivity contribution < 1.29 is 22.6 Å². The second-order valence-electron chi connectivity index (χ2n) is 6.63. The summed E-state index contributed by atoms with van der Waals surface area (Å²) in [5.74, 6) is 1.47. The summed E-state index contributed by atoms with van der Waals surface area (Å²) in [6, 6.07) is 10.6. The van der Waals surface area contributed by atoms with E-state index in [0.29, 0.717) is 12.1 Å². The van der Waals surface area contributed by atoms with Crippen molar-refractivity contribution >= 4 is 0 Å². The number of nitrogens with two attached hydrogens (primary N) is 1. The summed E-state index contributed by atoms with van der Waals surface area (Å²) in [5, 5.41) is 0. The largest absolute Gasteiger partial charge is 0.454 e. The highest BCUT2D eigenvalue weighted by molar-refractivity contribution is 5.48. The monoisotopic (exact) mass is 364 g/mol. The van der Waals surface area contributed by atoms with Crippen LogP contribution >= 0.6 is 0 Å². The number of alkyl halides is 3. The third-order valence-electron chi connectivity index (χ3n) is 5.05. The third-order valence-corrected chi connectivity index (χ3v) is 5.05. The molecule has 2 aliphatic rings. The zero-order valence-electron chi connectivity index (χ0n) is 14.0. The Bertz CT molecular complexity index is 810. The van der Waals surface area contributed by atoms with Gasteiger partial charge in [-0.05, 0) is 30.2 Å². The first-order chi connectivity index (χ1) is 12.4. The number of para-hydroxylation sites is 1. The van der Waals surface area contributed by atoms with E-state index < -0.39 is 17.8 Å². The number of hydrogen-bond acceptors (Lipinski definition) is 4. The molecule has 138 valence electrons. The molecular weight excluding hydrogens is 345 g/mol. The number of halogens is 3. The van der Waals surface area contributed by atoms with E-state index in [1.54, 1.807) is 6.07 Å². The number of likely N-dealkylation sites (tertiary alicyclic amines) is 1. The lowest BCUT2D eigenvalue weighted by Gasteiger charge is -2.44. The molecule has 2 aliphatic heterocycles. The van der Waals surface area contributed by atoms with Crippen LogP contribution in [0.5, 0.6) is 11.5 Å². The van der Waals surface area contributed by atoms with Crippen molar-refractivity contribution in [2.45, 2.75) is 31.2 Å². The van der Waals surface area contributed by atoms with Gasteiger partial charge in [-0.1, -0.05) is 24.3 Å². The van der Waals surface area contributed by atoms with E-state index in [0.717, 1.165) is 42.2 Å². The molecule has 4 nitrogen and oxygen atoms in total. The average Bonchev–Trinajstić information content (AvgIpc) is 3.07. The fourth-order valence-corrected chi connectivity index (χ4v) is 3.54. The van der Waals surface area contributed by atoms with Crippen LogP contribution in [0.1, 0.15) is 29.2 Å². The van der Waals surface area contributed by atoms with Gasteiger partial charge in [0.05, 0.1) is 5.56 Å². The molecule has 0 spiro atoms. The fraction of sp³-hybridized carbons (Fsp3) is 0.368. The standard InChI is InChI=1S/C19H19F3N2O2/c20-19(21,22)14-5-1-3-12(9-14)17(23)15-7-8-24(15)10-13-4-2-6-16-18(13)26-11-25-16/h1-6,9,15,17H,7-8,10-11,23H2/t15-,17+/m0/s1. The summed E-state index contributed by atoms with van der Waals surface area (Å²) in [6.07, 6.45) is -3.51. The summed E-state index contributed by atoms with van der Waals surface area (Å²) < 4.78 is 49.7. The molecule has 0 aromatic heterocycles. The van der Waals surface area contributed by atoms with Gasteiger partial charge in [-0.2, -0.15) is 13.2 Å². The quantitative estimate of drug-likeness (QED) is 0.899. The second-order valence-corrected chi connectivity index (χ2v) is 6.63. The highest BCUT2D eigenvalue weighted by atomic mass is 19.4. The lowest BCUT2D eigenvalue weighted by molar-refractivity contribution is -0.137. The van der Waals surface area contributed by atoms with Crippen molar-refractivity contribution in [1.29, 1.82) is 0 Å². The molecule has 0 unspecified atom stereocenters. The van der Waals surface area contributed by atoms with Gasteiger partial charge in [0.15, 0.2) is 11.5 Å². The molecule has 2 N–H and O–H groups in total. The van der Waals surface area contributed by atoms with Crippen LogP contribution in [0.25, 0.3) is 0 Å². The summed E-state index contributed by atoms with van der Waals surface area (Å²) in [4.78, 5) is 2.17. The zero-order valence-corrected chi connectivity index (χ0v) is 14.0. The molecule has 1 saturated heterocycles. The molecule has 0 radical (unpaired) electrons. The molecule has 0 saturated carbocycles. The van der Waals surface area contributed by atoms with Crippen molar-refractivity contribution in [2.75, 3.05) is 13.3 Å². The molecule has 1 fully saturated rings. The summed E-state index contributed by atoms with van der Waals surface area (Å²) in [7, 11) is 0. The van der Waals surface area contributed by atoms with E-state index in [9.17, 15) is 13.2 Å². The van der Waals surface area contributed by atoms with Crippen molar-refractivity contribution in [3.63, 3.8) is 0 Å². The van der Waals surface area contributed by atoms with E-state index in [1.807, 2.05) is 18.2 Å². The number of benzene rings is 2. The Morgan fingerprint density at radius 2 is 1.96 bits per heavy atom. The first-order valence-corrected chi connectivity index (χ1v) is 8.48. The maximum Gasteiger partial charge on any atom is 0.416 e. The first-order valence-electron chi connectivity index (χ1n) is 8.48. The summed E-state index contributed by atoms with van der Waals surface area (Å²) >= 11 is 0. The Labute approximate surface area is 149 Å². The Hall–Kier alpha value is -2.25. The summed E-state index contributed by atoms with van der Waals surface area (Å²) in [6.45, 7) is 1.69. The van der Waals surface area contributed by atoms with Gasteiger partial charge >= 0.3 is 6.18 Å². The normalized spacial score (nSPS) is 20.7. The highest BCUT2D eigenvalue weighted by Crippen LogP contribution is 2.39. The zero-order chi connectivity index (χ0) is 18.3. The van der Waals surface area contributed by atoms with Gasteiger partial charge in [0.1, 0.15) is 0 Å². The smallest absolute Gasteiger partial charge is 0.416 e. The van der Waals surface area contributed by atoms with Gasteiger partial charge in [0.2, 0.25) is 6.79 Å². The van der Waals surface area contributed by atoms with Crippen molar-refractivity contribution in [1.82, 2.24) is 4.90 Å². The van der Waals surface area contributed by atoms with Gasteiger partial charge in [-0.15, -0.1) is 0 Å². The Morgan fingerprint density at radius 3 is 2.69 bits per heavy atom. The number of hydrogen-bond donors (Lipinski definition) is 1. The van der Waals surface area contributed by atoms with Crippen LogP contribution in [-0.4, -0.2) is 24.3 Å². The van der Waals surface area contributed by atoms with Crippen LogP contribution in [0.4, 0.5) is 13.2 Å². The maximum absolute atomic E-state index is 12.9. The Morgan fingerprint density at radius 1 is 1.15 bits per heavy atom. The van der Waals surface area contributed by atoms with E-state index in [2.05, 4.69) is 4.90 Å². The number of nitrogens with zero attached hydrogens (tertiary/aromatic N) is 1. The van der Waals surface area contributed by atoms with Gasteiger partial charge in [0.25, 0.3) is 0 Å². The van der Waals surface area contributed by atoms with Gasteiger partial charge in [-0.25, -0.2) is 0 Å². The van der Waals surface area contributed by atoms with Gasteiger partial charge < -0.3 is 15.2 Å². The van der Waals surface area contributed by atoms with E-state index in [-0.39, 0.29) is 12.8 Å². The maximum atomic E-state index is 12.9. The average molecular weight is 364 g/mol. The first kappa shape index (κ1) is 17.2. The molecule has 2 heterocycles. The molecule has 4 rings (SSSR count). The van der Waals surface area contributed by atoms with Gasteiger partial charge in [-0.3, -0.25) is 4.90 Å². The minimum atomic E-state index is -4.36. The minimum Gasteiger partial charge on any atom is -0.454 e. The fourth-order valence-electron chi connectivity index (χ4n) is 3.54. The Kier molecular flexibility index (Phi) is 4.28. The van der Waals surface area contributed by atoms with E-state index in [4.69, 9.17) is 15.2 Å². The molecule has 2 aromatic carbocycles. The predicted octanol–water partition coefficient (Wildman–Crippen LogP) is 3.71. The predicted molar refractivity (Wildman–Crippen MR) is 89.8 cm³/mol. The van der Waals surface area contributed by atoms with Crippen LogP contribution in [0.15, 0.2) is 42.5 Å². The molecule has 0 bridgehead atoms. The van der Waals surface area contributed by atoms with Crippen LogP contribution in [-0.2, 0) is 12.7 Å². The lowest BCUT2D eigenvalue weighted by Crippen LogP contribution is -2.52. The minimum absolute atomic E-state index is 0.00309. The number of rotatable bonds is 4. The third kappa shape index (κ3) is 3.12. The summed E-state index contributed by atoms with van der Waals surface area (Å²) in [5.41, 5.74) is 7.15. The van der Waals surface area contributed by atoms with Crippen LogP contribution in [0.3, 0.4) is 0 Å². The SMILES string of the molecule is N[C@H](c1cccc(C(F)(F)F)c1)[C@@H]1CCN1Cc1cccc2c1OCO2. The highest BCUT2D eigenvalue weighted by Gasteiger charge is 2.36. The van der Waals surface area contributed by atoms with E-state index >= 15 is 0 Å².